The maximum atomic E-state index is 12.0. The van der Waals surface area contributed by atoms with E-state index in [0.717, 1.165) is 4.68 Å². The van der Waals surface area contributed by atoms with Crippen molar-refractivity contribution < 1.29 is 13.2 Å². The molecule has 0 amide bonds. The zero-order chi connectivity index (χ0) is 10.8. The van der Waals surface area contributed by atoms with Crippen molar-refractivity contribution in [3.63, 3.8) is 0 Å². The lowest BCUT2D eigenvalue weighted by Gasteiger charge is -2.11. The van der Waals surface area contributed by atoms with Crippen LogP contribution in [0.1, 0.15) is 12.6 Å². The second kappa shape index (κ2) is 4.00. The van der Waals surface area contributed by atoms with E-state index in [9.17, 15) is 13.2 Å². The quantitative estimate of drug-likeness (QED) is 0.812. The van der Waals surface area contributed by atoms with E-state index in [-0.39, 0.29) is 6.04 Å². The van der Waals surface area contributed by atoms with Crippen molar-refractivity contribution in [3.05, 3.63) is 18.0 Å². The Balaban J connectivity index is 2.72. The fourth-order valence-electron chi connectivity index (χ4n) is 1.18. The summed E-state index contributed by atoms with van der Waals surface area (Å²) in [6.45, 7) is 0.687. The summed E-state index contributed by atoms with van der Waals surface area (Å²) in [7, 11) is 0. The second-order valence-corrected chi connectivity index (χ2v) is 3.28. The van der Waals surface area contributed by atoms with Crippen LogP contribution >= 0.6 is 0 Å². The highest BCUT2D eigenvalue weighted by atomic mass is 19.4. The minimum absolute atomic E-state index is 0.168. The molecule has 0 aromatic carbocycles. The Kier molecular flexibility index (Phi) is 3.15. The molecule has 1 rings (SSSR count). The number of aromatic nitrogens is 2. The van der Waals surface area contributed by atoms with Crippen LogP contribution in [0.3, 0.4) is 0 Å². The lowest BCUT2D eigenvalue weighted by atomic mass is 10.2. The molecule has 0 radical (unpaired) electrons. The van der Waals surface area contributed by atoms with Gasteiger partial charge in [0.1, 0.15) is 6.54 Å². The lowest BCUT2D eigenvalue weighted by molar-refractivity contribution is -0.143. The van der Waals surface area contributed by atoms with E-state index in [1.165, 1.54) is 6.20 Å². The van der Waals surface area contributed by atoms with Gasteiger partial charge in [-0.15, -0.1) is 0 Å². The topological polar surface area (TPSA) is 43.8 Å². The summed E-state index contributed by atoms with van der Waals surface area (Å²) >= 11 is 0. The largest absolute Gasteiger partial charge is 0.408 e. The molecule has 80 valence electrons. The molecule has 0 aliphatic carbocycles. The standard InChI is InChI=1S/C8H12F3N3/c1-6(12)4-7-2-3-13-14(7)5-8(9,10)11/h2-3,6H,4-5,12H2,1H3. The van der Waals surface area contributed by atoms with Crippen molar-refractivity contribution in [2.24, 2.45) is 5.73 Å². The van der Waals surface area contributed by atoms with Crippen LogP contribution in [-0.2, 0) is 13.0 Å². The molecule has 6 heteroatoms. The molecule has 2 N–H and O–H groups in total. The van der Waals surface area contributed by atoms with Crippen LogP contribution in [0.2, 0.25) is 0 Å². The van der Waals surface area contributed by atoms with Crippen molar-refractivity contribution >= 4 is 0 Å². The number of hydrogen-bond donors (Lipinski definition) is 1. The Morgan fingerprint density at radius 2 is 2.21 bits per heavy atom. The molecule has 0 spiro atoms. The van der Waals surface area contributed by atoms with Gasteiger partial charge in [0, 0.05) is 24.4 Å². The monoisotopic (exact) mass is 207 g/mol. The Bertz CT molecular complexity index is 290. The van der Waals surface area contributed by atoms with Gasteiger partial charge >= 0.3 is 6.18 Å². The Hall–Kier alpha value is -1.04. The minimum Gasteiger partial charge on any atom is -0.328 e. The third-order valence-electron chi connectivity index (χ3n) is 1.66. The lowest BCUT2D eigenvalue weighted by Crippen LogP contribution is -2.24. The van der Waals surface area contributed by atoms with E-state index in [2.05, 4.69) is 5.10 Å². The van der Waals surface area contributed by atoms with Crippen LogP contribution in [0, 0.1) is 0 Å². The molecule has 3 nitrogen and oxygen atoms in total. The van der Waals surface area contributed by atoms with Crippen LogP contribution in [-0.4, -0.2) is 22.0 Å². The van der Waals surface area contributed by atoms with Gasteiger partial charge in [-0.2, -0.15) is 18.3 Å². The fourth-order valence-corrected chi connectivity index (χ4v) is 1.18. The zero-order valence-corrected chi connectivity index (χ0v) is 7.75. The SMILES string of the molecule is CC(N)Cc1ccnn1CC(F)(F)F. The van der Waals surface area contributed by atoms with E-state index in [1.807, 2.05) is 0 Å². The van der Waals surface area contributed by atoms with Gasteiger partial charge in [0.15, 0.2) is 0 Å². The van der Waals surface area contributed by atoms with Gasteiger partial charge in [-0.1, -0.05) is 0 Å². The summed E-state index contributed by atoms with van der Waals surface area (Å²) < 4.78 is 37.1. The number of rotatable bonds is 3. The van der Waals surface area contributed by atoms with Gasteiger partial charge < -0.3 is 5.73 Å². The Morgan fingerprint density at radius 1 is 1.57 bits per heavy atom. The van der Waals surface area contributed by atoms with Gasteiger partial charge in [-0.05, 0) is 13.0 Å². The number of hydrogen-bond acceptors (Lipinski definition) is 2. The normalized spacial score (nSPS) is 14.4. The smallest absolute Gasteiger partial charge is 0.328 e. The molecular formula is C8H12F3N3. The Morgan fingerprint density at radius 3 is 2.71 bits per heavy atom. The third-order valence-corrected chi connectivity index (χ3v) is 1.66. The molecular weight excluding hydrogens is 195 g/mol. The average Bonchev–Trinajstić information content (AvgIpc) is 2.32. The van der Waals surface area contributed by atoms with E-state index in [1.54, 1.807) is 13.0 Å². The van der Waals surface area contributed by atoms with E-state index in [4.69, 9.17) is 5.73 Å². The van der Waals surface area contributed by atoms with Gasteiger partial charge in [0.05, 0.1) is 0 Å². The fraction of sp³-hybridized carbons (Fsp3) is 0.625. The summed E-state index contributed by atoms with van der Waals surface area (Å²) in [5.41, 5.74) is 6.01. The average molecular weight is 207 g/mol. The highest BCUT2D eigenvalue weighted by molar-refractivity contribution is 5.02. The van der Waals surface area contributed by atoms with Crippen LogP contribution in [0.25, 0.3) is 0 Å². The summed E-state index contributed by atoms with van der Waals surface area (Å²) in [5.74, 6) is 0. The van der Waals surface area contributed by atoms with Crippen LogP contribution in [0.4, 0.5) is 13.2 Å². The molecule has 1 aromatic rings. The maximum Gasteiger partial charge on any atom is 0.408 e. The molecule has 0 bridgehead atoms. The second-order valence-electron chi connectivity index (χ2n) is 3.28. The summed E-state index contributed by atoms with van der Waals surface area (Å²) in [5, 5.41) is 3.60. The third kappa shape index (κ3) is 3.37. The van der Waals surface area contributed by atoms with Gasteiger partial charge in [-0.25, -0.2) is 0 Å². The molecule has 1 atom stereocenters. The van der Waals surface area contributed by atoms with E-state index < -0.39 is 12.7 Å². The van der Waals surface area contributed by atoms with Crippen molar-refractivity contribution in [3.8, 4) is 0 Å². The molecule has 0 aliphatic rings. The molecule has 14 heavy (non-hydrogen) atoms. The molecule has 0 saturated heterocycles. The highest BCUT2D eigenvalue weighted by Crippen LogP contribution is 2.18. The van der Waals surface area contributed by atoms with Gasteiger partial charge in [0.2, 0.25) is 0 Å². The molecule has 0 fully saturated rings. The number of nitrogens with two attached hydrogens (primary N) is 1. The summed E-state index contributed by atoms with van der Waals surface area (Å²) in [4.78, 5) is 0. The first kappa shape index (κ1) is 11.0. The van der Waals surface area contributed by atoms with Crippen LogP contribution in [0.15, 0.2) is 12.3 Å². The summed E-state index contributed by atoms with van der Waals surface area (Å²) in [6.07, 6.45) is -2.49. The van der Waals surface area contributed by atoms with Crippen LogP contribution in [0.5, 0.6) is 0 Å². The summed E-state index contributed by atoms with van der Waals surface area (Å²) in [6, 6.07) is 1.38. The molecule has 1 heterocycles. The Labute approximate surface area is 79.7 Å². The zero-order valence-electron chi connectivity index (χ0n) is 7.75. The van der Waals surface area contributed by atoms with E-state index >= 15 is 0 Å². The first-order chi connectivity index (χ1) is 6.38. The minimum atomic E-state index is -4.24. The number of halogens is 3. The number of nitrogens with zero attached hydrogens (tertiary/aromatic N) is 2. The van der Waals surface area contributed by atoms with Gasteiger partial charge in [-0.3, -0.25) is 4.68 Å². The first-order valence-corrected chi connectivity index (χ1v) is 4.21. The molecule has 0 saturated carbocycles. The van der Waals surface area contributed by atoms with Crippen molar-refractivity contribution in [2.45, 2.75) is 32.1 Å². The van der Waals surface area contributed by atoms with Crippen LogP contribution < -0.4 is 5.73 Å². The first-order valence-electron chi connectivity index (χ1n) is 4.21. The van der Waals surface area contributed by atoms with Crippen molar-refractivity contribution in [1.82, 2.24) is 9.78 Å². The number of alkyl halides is 3. The molecule has 1 unspecified atom stereocenters. The van der Waals surface area contributed by atoms with E-state index in [0.29, 0.717) is 12.1 Å². The molecule has 1 aromatic heterocycles. The highest BCUT2D eigenvalue weighted by Gasteiger charge is 2.29. The van der Waals surface area contributed by atoms with Crippen molar-refractivity contribution in [2.75, 3.05) is 0 Å². The predicted octanol–water partition coefficient (Wildman–Crippen LogP) is 1.34. The predicted molar refractivity (Wildman–Crippen MR) is 45.6 cm³/mol. The van der Waals surface area contributed by atoms with Gasteiger partial charge in [0.25, 0.3) is 0 Å². The maximum absolute atomic E-state index is 12.0. The van der Waals surface area contributed by atoms with Crippen molar-refractivity contribution in [1.29, 1.82) is 0 Å². The molecule has 0 aliphatic heterocycles.